The number of halogens is 4. The first-order chi connectivity index (χ1) is 7.77. The van der Waals surface area contributed by atoms with E-state index in [-0.39, 0.29) is 22.4 Å². The van der Waals surface area contributed by atoms with E-state index in [2.05, 4.69) is 15.9 Å². The van der Waals surface area contributed by atoms with Crippen molar-refractivity contribution in [2.75, 3.05) is 6.61 Å². The molecule has 0 radical (unpaired) electrons. The van der Waals surface area contributed by atoms with Gasteiger partial charge in [0.2, 0.25) is 0 Å². The Balaban J connectivity index is 3.45. The smallest absolute Gasteiger partial charge is 0.417 e. The monoisotopic (exact) mass is 310 g/mol. The summed E-state index contributed by atoms with van der Waals surface area (Å²) in [6.45, 7) is 3.01. The Hall–Kier alpha value is -1.04. The van der Waals surface area contributed by atoms with Gasteiger partial charge in [-0.2, -0.15) is 13.2 Å². The lowest BCUT2D eigenvalue weighted by atomic mass is 10.0. The van der Waals surface area contributed by atoms with Gasteiger partial charge in [0.05, 0.1) is 12.2 Å². The molecule has 0 N–H and O–H groups in total. The molecule has 1 rings (SSSR count). The molecule has 17 heavy (non-hydrogen) atoms. The molecule has 1 aromatic rings. The number of carbonyl (C=O) groups is 1. The van der Waals surface area contributed by atoms with Crippen LogP contribution >= 0.6 is 15.9 Å². The first kappa shape index (κ1) is 14.0. The molecule has 0 unspecified atom stereocenters. The van der Waals surface area contributed by atoms with Crippen LogP contribution in [0.4, 0.5) is 13.2 Å². The zero-order valence-corrected chi connectivity index (χ0v) is 10.8. The van der Waals surface area contributed by atoms with Crippen molar-refractivity contribution in [2.45, 2.75) is 20.0 Å². The molecular formula is C11H10BrF3O2. The van der Waals surface area contributed by atoms with Gasteiger partial charge in [0.15, 0.2) is 5.78 Å². The van der Waals surface area contributed by atoms with Crippen molar-refractivity contribution >= 4 is 21.7 Å². The highest BCUT2D eigenvalue weighted by atomic mass is 79.9. The summed E-state index contributed by atoms with van der Waals surface area (Å²) in [5.74, 6) is -0.566. The first-order valence-electron chi connectivity index (χ1n) is 4.81. The van der Waals surface area contributed by atoms with Gasteiger partial charge in [0.25, 0.3) is 0 Å². The van der Waals surface area contributed by atoms with E-state index in [9.17, 15) is 18.0 Å². The van der Waals surface area contributed by atoms with Crippen LogP contribution in [0.15, 0.2) is 16.6 Å². The van der Waals surface area contributed by atoms with Crippen molar-refractivity contribution in [3.05, 3.63) is 27.7 Å². The fourth-order valence-electron chi connectivity index (χ4n) is 1.41. The van der Waals surface area contributed by atoms with E-state index in [1.165, 1.54) is 6.07 Å². The van der Waals surface area contributed by atoms with Gasteiger partial charge in [-0.1, -0.05) is 0 Å². The van der Waals surface area contributed by atoms with Crippen LogP contribution in [0.1, 0.15) is 29.8 Å². The molecule has 0 heterocycles. The van der Waals surface area contributed by atoms with Crippen molar-refractivity contribution in [3.8, 4) is 5.75 Å². The van der Waals surface area contributed by atoms with Gasteiger partial charge < -0.3 is 4.74 Å². The van der Waals surface area contributed by atoms with Gasteiger partial charge in [-0.05, 0) is 41.9 Å². The summed E-state index contributed by atoms with van der Waals surface area (Å²) in [6.07, 6.45) is -4.59. The summed E-state index contributed by atoms with van der Waals surface area (Å²) in [5.41, 5.74) is -1.36. The first-order valence-corrected chi connectivity index (χ1v) is 5.61. The fraction of sp³-hybridized carbons (Fsp3) is 0.364. The van der Waals surface area contributed by atoms with Crippen LogP contribution in [0.3, 0.4) is 0 Å². The maximum Gasteiger partial charge on any atom is 0.417 e. The molecule has 2 nitrogen and oxygen atoms in total. The van der Waals surface area contributed by atoms with Gasteiger partial charge in [0, 0.05) is 10.0 Å². The van der Waals surface area contributed by atoms with Gasteiger partial charge in [0.1, 0.15) is 5.75 Å². The average molecular weight is 311 g/mol. The molecule has 0 bridgehead atoms. The molecule has 0 aliphatic rings. The second-order valence-corrected chi connectivity index (χ2v) is 4.17. The van der Waals surface area contributed by atoms with E-state index in [1.807, 2.05) is 0 Å². The Bertz CT molecular complexity index is 441. The summed E-state index contributed by atoms with van der Waals surface area (Å²) in [4.78, 5) is 11.2. The third-order valence-corrected chi connectivity index (χ3v) is 2.66. The van der Waals surface area contributed by atoms with E-state index in [1.54, 1.807) is 6.92 Å². The standard InChI is InChI=1S/C11H10BrF3O2/c1-3-17-7-4-8(11(13,14)15)10(6(2)16)9(12)5-7/h4-5H,3H2,1-2H3. The molecular weight excluding hydrogens is 301 g/mol. The summed E-state index contributed by atoms with van der Waals surface area (Å²) >= 11 is 2.96. The van der Waals surface area contributed by atoms with Crippen LogP contribution in [0, 0.1) is 0 Å². The number of alkyl halides is 3. The van der Waals surface area contributed by atoms with Crippen LogP contribution in [0.25, 0.3) is 0 Å². The molecule has 94 valence electrons. The van der Waals surface area contributed by atoms with Crippen LogP contribution in [0.2, 0.25) is 0 Å². The van der Waals surface area contributed by atoms with Crippen LogP contribution in [-0.2, 0) is 6.18 Å². The number of ether oxygens (including phenoxy) is 1. The maximum absolute atomic E-state index is 12.8. The Morgan fingerprint density at radius 2 is 2.00 bits per heavy atom. The Morgan fingerprint density at radius 1 is 1.41 bits per heavy atom. The Labute approximate surface area is 105 Å². The van der Waals surface area contributed by atoms with E-state index >= 15 is 0 Å². The quantitative estimate of drug-likeness (QED) is 0.787. The SMILES string of the molecule is CCOc1cc(Br)c(C(C)=O)c(C(F)(F)F)c1. The highest BCUT2D eigenvalue weighted by Gasteiger charge is 2.36. The largest absolute Gasteiger partial charge is 0.494 e. The third kappa shape index (κ3) is 3.21. The summed E-state index contributed by atoms with van der Waals surface area (Å²) in [5, 5.41) is 0. The summed E-state index contributed by atoms with van der Waals surface area (Å²) in [7, 11) is 0. The number of hydrogen-bond acceptors (Lipinski definition) is 2. The van der Waals surface area contributed by atoms with E-state index in [0.717, 1.165) is 13.0 Å². The number of carbonyl (C=O) groups excluding carboxylic acids is 1. The van der Waals surface area contributed by atoms with Gasteiger partial charge >= 0.3 is 6.18 Å². The number of ketones is 1. The number of benzene rings is 1. The van der Waals surface area contributed by atoms with Crippen molar-refractivity contribution < 1.29 is 22.7 Å². The van der Waals surface area contributed by atoms with E-state index < -0.39 is 17.5 Å². The summed E-state index contributed by atoms with van der Waals surface area (Å²) < 4.78 is 43.4. The Morgan fingerprint density at radius 3 is 2.41 bits per heavy atom. The molecule has 0 saturated heterocycles. The molecule has 1 aromatic carbocycles. The molecule has 0 amide bonds. The molecule has 0 spiro atoms. The van der Waals surface area contributed by atoms with E-state index in [4.69, 9.17) is 4.74 Å². The topological polar surface area (TPSA) is 26.3 Å². The number of rotatable bonds is 3. The van der Waals surface area contributed by atoms with E-state index in [0.29, 0.717) is 0 Å². The maximum atomic E-state index is 12.8. The average Bonchev–Trinajstić information content (AvgIpc) is 2.15. The van der Waals surface area contributed by atoms with Gasteiger partial charge in [-0.25, -0.2) is 0 Å². The van der Waals surface area contributed by atoms with Gasteiger partial charge in [-0.15, -0.1) is 0 Å². The number of hydrogen-bond donors (Lipinski definition) is 0. The zero-order valence-electron chi connectivity index (χ0n) is 9.19. The van der Waals surface area contributed by atoms with Crippen LogP contribution in [-0.4, -0.2) is 12.4 Å². The Kier molecular flexibility index (Phi) is 4.19. The second kappa shape index (κ2) is 5.08. The minimum atomic E-state index is -4.59. The lowest BCUT2D eigenvalue weighted by molar-refractivity contribution is -0.138. The predicted molar refractivity (Wildman–Crippen MR) is 60.3 cm³/mol. The molecule has 6 heteroatoms. The highest BCUT2D eigenvalue weighted by Crippen LogP contribution is 2.38. The fourth-order valence-corrected chi connectivity index (χ4v) is 2.13. The van der Waals surface area contributed by atoms with Gasteiger partial charge in [-0.3, -0.25) is 4.79 Å². The molecule has 0 aromatic heterocycles. The zero-order chi connectivity index (χ0) is 13.2. The molecule has 0 fully saturated rings. The summed E-state index contributed by atoms with van der Waals surface area (Å²) in [6, 6.07) is 2.19. The molecule has 0 aliphatic heterocycles. The van der Waals surface area contributed by atoms with Crippen molar-refractivity contribution in [1.82, 2.24) is 0 Å². The molecule has 0 aliphatic carbocycles. The lowest BCUT2D eigenvalue weighted by Crippen LogP contribution is -2.13. The highest BCUT2D eigenvalue weighted by molar-refractivity contribution is 9.10. The van der Waals surface area contributed by atoms with Crippen LogP contribution < -0.4 is 4.74 Å². The molecule has 0 saturated carbocycles. The second-order valence-electron chi connectivity index (χ2n) is 3.31. The minimum Gasteiger partial charge on any atom is -0.494 e. The third-order valence-electron chi connectivity index (χ3n) is 2.03. The normalized spacial score (nSPS) is 11.4. The lowest BCUT2D eigenvalue weighted by Gasteiger charge is -2.14. The van der Waals surface area contributed by atoms with Crippen molar-refractivity contribution in [3.63, 3.8) is 0 Å². The van der Waals surface area contributed by atoms with Crippen molar-refractivity contribution in [1.29, 1.82) is 0 Å². The minimum absolute atomic E-state index is 0.0803. The molecule has 0 atom stereocenters. The predicted octanol–water partition coefficient (Wildman–Crippen LogP) is 4.07. The van der Waals surface area contributed by atoms with Crippen LogP contribution in [0.5, 0.6) is 5.75 Å². The van der Waals surface area contributed by atoms with Crippen molar-refractivity contribution in [2.24, 2.45) is 0 Å². The number of Topliss-reactive ketones (excluding diaryl/α,β-unsaturated/α-hetero) is 1.